The molecule has 0 spiro atoms. The molecule has 4 nitrogen and oxygen atoms in total. The van der Waals surface area contributed by atoms with Crippen molar-refractivity contribution >= 4 is 0 Å². The average Bonchev–Trinajstić information content (AvgIpc) is 2.38. The molecule has 4 heteroatoms. The van der Waals surface area contributed by atoms with Crippen molar-refractivity contribution in [1.29, 1.82) is 0 Å². The summed E-state index contributed by atoms with van der Waals surface area (Å²) in [5, 5.41) is 3.57. The van der Waals surface area contributed by atoms with Gasteiger partial charge in [-0.3, -0.25) is 4.90 Å². The SMILES string of the molecule is CC(C)N1CCOC(CNC2CCCOC2)C1. The quantitative estimate of drug-likeness (QED) is 0.793. The molecule has 2 unspecified atom stereocenters. The summed E-state index contributed by atoms with van der Waals surface area (Å²) < 4.78 is 11.3. The smallest absolute Gasteiger partial charge is 0.0826 e. The molecule has 100 valence electrons. The lowest BCUT2D eigenvalue weighted by Crippen LogP contribution is -2.51. The minimum atomic E-state index is 0.341. The summed E-state index contributed by atoms with van der Waals surface area (Å²) in [6.45, 7) is 10.2. The molecule has 0 amide bonds. The van der Waals surface area contributed by atoms with E-state index in [1.54, 1.807) is 0 Å². The van der Waals surface area contributed by atoms with Crippen LogP contribution in [0.25, 0.3) is 0 Å². The van der Waals surface area contributed by atoms with Gasteiger partial charge in [-0.05, 0) is 26.7 Å². The molecule has 0 aliphatic carbocycles. The van der Waals surface area contributed by atoms with Crippen LogP contribution in [0.5, 0.6) is 0 Å². The summed E-state index contributed by atoms with van der Waals surface area (Å²) >= 11 is 0. The third kappa shape index (κ3) is 4.21. The Hall–Kier alpha value is -0.160. The van der Waals surface area contributed by atoms with E-state index in [-0.39, 0.29) is 0 Å². The molecule has 0 aromatic carbocycles. The van der Waals surface area contributed by atoms with Gasteiger partial charge in [0.25, 0.3) is 0 Å². The summed E-state index contributed by atoms with van der Waals surface area (Å²) in [6.07, 6.45) is 2.76. The highest BCUT2D eigenvalue weighted by Crippen LogP contribution is 2.10. The molecule has 0 aromatic rings. The Morgan fingerprint density at radius 1 is 1.35 bits per heavy atom. The largest absolute Gasteiger partial charge is 0.380 e. The molecule has 2 aliphatic heterocycles. The maximum Gasteiger partial charge on any atom is 0.0826 e. The van der Waals surface area contributed by atoms with Gasteiger partial charge in [0.1, 0.15) is 0 Å². The number of nitrogens with zero attached hydrogens (tertiary/aromatic N) is 1. The molecular formula is C13H26N2O2. The molecule has 2 saturated heterocycles. The van der Waals surface area contributed by atoms with Crippen LogP contribution in [0.3, 0.4) is 0 Å². The fraction of sp³-hybridized carbons (Fsp3) is 1.00. The lowest BCUT2D eigenvalue weighted by molar-refractivity contribution is -0.0405. The van der Waals surface area contributed by atoms with Gasteiger partial charge in [0.15, 0.2) is 0 Å². The van der Waals surface area contributed by atoms with E-state index in [1.165, 1.54) is 12.8 Å². The highest BCUT2D eigenvalue weighted by Gasteiger charge is 2.23. The predicted molar refractivity (Wildman–Crippen MR) is 68.3 cm³/mol. The van der Waals surface area contributed by atoms with Crippen molar-refractivity contribution in [3.8, 4) is 0 Å². The third-order valence-corrected chi connectivity index (χ3v) is 3.69. The Labute approximate surface area is 105 Å². The Kier molecular flexibility index (Phi) is 5.22. The standard InChI is InChI=1S/C13H26N2O2/c1-11(2)15-5-7-17-13(9-15)8-14-12-4-3-6-16-10-12/h11-14H,3-10H2,1-2H3. The second kappa shape index (κ2) is 6.69. The summed E-state index contributed by atoms with van der Waals surface area (Å²) in [4.78, 5) is 2.49. The van der Waals surface area contributed by atoms with E-state index in [2.05, 4.69) is 24.1 Å². The van der Waals surface area contributed by atoms with Crippen molar-refractivity contribution in [2.75, 3.05) is 39.5 Å². The molecule has 2 heterocycles. The monoisotopic (exact) mass is 242 g/mol. The van der Waals surface area contributed by atoms with Gasteiger partial charge in [0, 0.05) is 38.3 Å². The van der Waals surface area contributed by atoms with Gasteiger partial charge in [-0.1, -0.05) is 0 Å². The van der Waals surface area contributed by atoms with Crippen molar-refractivity contribution in [3.05, 3.63) is 0 Å². The number of rotatable bonds is 4. The minimum Gasteiger partial charge on any atom is -0.380 e. The van der Waals surface area contributed by atoms with Crippen LogP contribution in [-0.2, 0) is 9.47 Å². The lowest BCUT2D eigenvalue weighted by atomic mass is 10.1. The first-order valence-corrected chi connectivity index (χ1v) is 6.92. The van der Waals surface area contributed by atoms with Crippen molar-refractivity contribution in [2.24, 2.45) is 0 Å². The molecule has 2 atom stereocenters. The zero-order chi connectivity index (χ0) is 12.1. The van der Waals surface area contributed by atoms with Crippen LogP contribution < -0.4 is 5.32 Å². The first kappa shape index (κ1) is 13.3. The van der Waals surface area contributed by atoms with E-state index in [0.29, 0.717) is 18.2 Å². The van der Waals surface area contributed by atoms with Crippen molar-refractivity contribution in [2.45, 2.75) is 44.9 Å². The average molecular weight is 242 g/mol. The Morgan fingerprint density at radius 3 is 2.94 bits per heavy atom. The van der Waals surface area contributed by atoms with Gasteiger partial charge >= 0.3 is 0 Å². The molecule has 2 rings (SSSR count). The fourth-order valence-corrected chi connectivity index (χ4v) is 2.53. The normalized spacial score (nSPS) is 31.9. The number of hydrogen-bond donors (Lipinski definition) is 1. The molecule has 2 fully saturated rings. The first-order chi connectivity index (χ1) is 8.25. The second-order valence-corrected chi connectivity index (χ2v) is 5.40. The Morgan fingerprint density at radius 2 is 2.24 bits per heavy atom. The minimum absolute atomic E-state index is 0.341. The maximum atomic E-state index is 5.80. The van der Waals surface area contributed by atoms with E-state index in [0.717, 1.165) is 39.5 Å². The second-order valence-electron chi connectivity index (χ2n) is 5.40. The first-order valence-electron chi connectivity index (χ1n) is 6.92. The molecule has 17 heavy (non-hydrogen) atoms. The molecular weight excluding hydrogens is 216 g/mol. The summed E-state index contributed by atoms with van der Waals surface area (Å²) in [7, 11) is 0. The fourth-order valence-electron chi connectivity index (χ4n) is 2.53. The highest BCUT2D eigenvalue weighted by molar-refractivity contribution is 4.78. The van der Waals surface area contributed by atoms with E-state index in [1.807, 2.05) is 0 Å². The van der Waals surface area contributed by atoms with E-state index < -0.39 is 0 Å². The van der Waals surface area contributed by atoms with Crippen LogP contribution in [-0.4, -0.2) is 62.5 Å². The molecule has 1 N–H and O–H groups in total. The Bertz CT molecular complexity index is 217. The van der Waals surface area contributed by atoms with E-state index in [4.69, 9.17) is 9.47 Å². The topological polar surface area (TPSA) is 33.7 Å². The van der Waals surface area contributed by atoms with Crippen LogP contribution in [0.2, 0.25) is 0 Å². The van der Waals surface area contributed by atoms with Crippen LogP contribution >= 0.6 is 0 Å². The summed E-state index contributed by atoms with van der Waals surface area (Å²) in [5.74, 6) is 0. The number of hydrogen-bond acceptors (Lipinski definition) is 4. The van der Waals surface area contributed by atoms with E-state index >= 15 is 0 Å². The summed E-state index contributed by atoms with van der Waals surface area (Å²) in [5.41, 5.74) is 0. The zero-order valence-corrected chi connectivity index (χ0v) is 11.2. The van der Waals surface area contributed by atoms with Crippen LogP contribution in [0, 0.1) is 0 Å². The van der Waals surface area contributed by atoms with E-state index in [9.17, 15) is 0 Å². The maximum absolute atomic E-state index is 5.80. The van der Waals surface area contributed by atoms with Gasteiger partial charge in [-0.2, -0.15) is 0 Å². The third-order valence-electron chi connectivity index (χ3n) is 3.69. The predicted octanol–water partition coefficient (Wildman–Crippen LogP) is 0.864. The molecule has 0 aromatic heterocycles. The number of ether oxygens (including phenoxy) is 2. The van der Waals surface area contributed by atoms with Crippen molar-refractivity contribution in [3.63, 3.8) is 0 Å². The number of nitrogens with one attached hydrogen (secondary N) is 1. The van der Waals surface area contributed by atoms with Crippen LogP contribution in [0.1, 0.15) is 26.7 Å². The van der Waals surface area contributed by atoms with Gasteiger partial charge in [0.2, 0.25) is 0 Å². The van der Waals surface area contributed by atoms with Crippen molar-refractivity contribution in [1.82, 2.24) is 10.2 Å². The van der Waals surface area contributed by atoms with Gasteiger partial charge in [-0.25, -0.2) is 0 Å². The highest BCUT2D eigenvalue weighted by atomic mass is 16.5. The Balaban J connectivity index is 1.67. The lowest BCUT2D eigenvalue weighted by Gasteiger charge is -2.36. The summed E-state index contributed by atoms with van der Waals surface area (Å²) in [6, 6.07) is 1.15. The van der Waals surface area contributed by atoms with Crippen molar-refractivity contribution < 1.29 is 9.47 Å². The number of morpholine rings is 1. The van der Waals surface area contributed by atoms with Gasteiger partial charge in [-0.15, -0.1) is 0 Å². The zero-order valence-electron chi connectivity index (χ0n) is 11.2. The molecule has 0 radical (unpaired) electrons. The van der Waals surface area contributed by atoms with Crippen LogP contribution in [0.15, 0.2) is 0 Å². The molecule has 0 bridgehead atoms. The molecule has 0 saturated carbocycles. The van der Waals surface area contributed by atoms with Crippen LogP contribution in [0.4, 0.5) is 0 Å². The van der Waals surface area contributed by atoms with Gasteiger partial charge in [0.05, 0.1) is 19.3 Å². The molecule has 2 aliphatic rings. The van der Waals surface area contributed by atoms with Gasteiger partial charge < -0.3 is 14.8 Å².